The molecule has 7 heteroatoms. The van der Waals surface area contributed by atoms with Crippen LogP contribution in [0.3, 0.4) is 0 Å². The molecule has 0 aromatic heterocycles. The van der Waals surface area contributed by atoms with Crippen LogP contribution in [0.4, 0.5) is 0 Å². The first-order chi connectivity index (χ1) is 14.5. The molecule has 0 fully saturated rings. The molecule has 0 saturated heterocycles. The lowest BCUT2D eigenvalue weighted by atomic mass is 10.1. The molecule has 0 saturated carbocycles. The zero-order chi connectivity index (χ0) is 22.8. The number of benzene rings is 2. The lowest BCUT2D eigenvalue weighted by Gasteiger charge is -2.29. The summed E-state index contributed by atoms with van der Waals surface area (Å²) in [6, 6.07) is 15.4. The van der Waals surface area contributed by atoms with Crippen LogP contribution in [-0.4, -0.2) is 31.9 Å². The van der Waals surface area contributed by atoms with Gasteiger partial charge in [-0.05, 0) is 70.0 Å². The van der Waals surface area contributed by atoms with Crippen molar-refractivity contribution in [1.82, 2.24) is 4.31 Å². The van der Waals surface area contributed by atoms with Gasteiger partial charge in [0.2, 0.25) is 0 Å². The predicted octanol–water partition coefficient (Wildman–Crippen LogP) is 4.94. The molecule has 0 spiro atoms. The fourth-order valence-corrected chi connectivity index (χ4v) is 5.20. The quantitative estimate of drug-likeness (QED) is 0.525. The molecular weight excluding hydrogens is 429 g/mol. The van der Waals surface area contributed by atoms with Crippen molar-refractivity contribution in [2.45, 2.75) is 58.5 Å². The molecule has 1 amide bonds. The van der Waals surface area contributed by atoms with Crippen LogP contribution in [0.2, 0.25) is 0 Å². The van der Waals surface area contributed by atoms with Crippen LogP contribution in [0.1, 0.15) is 45.7 Å². The van der Waals surface area contributed by atoms with Gasteiger partial charge in [-0.15, -0.1) is 9.24 Å². The summed E-state index contributed by atoms with van der Waals surface area (Å²) < 4.78 is 26.0. The highest BCUT2D eigenvalue weighted by Gasteiger charge is 2.38. The van der Waals surface area contributed by atoms with Gasteiger partial charge < -0.3 is 9.47 Å². The van der Waals surface area contributed by atoms with Crippen molar-refractivity contribution in [2.24, 2.45) is 0 Å². The van der Waals surface area contributed by atoms with E-state index < -0.39 is 16.3 Å². The normalized spacial score (nSPS) is 17.6. The number of hydrogen-bond donors (Lipinski definition) is 0. The van der Waals surface area contributed by atoms with Crippen molar-refractivity contribution in [1.29, 1.82) is 0 Å². The largest absolute Gasteiger partial charge is 0.491 e. The van der Waals surface area contributed by atoms with Crippen LogP contribution in [0.15, 0.2) is 54.6 Å². The summed E-state index contributed by atoms with van der Waals surface area (Å²) in [4.78, 5) is 12.8. The number of carbonyl (C=O) groups is 1. The number of rotatable bonds is 8. The van der Waals surface area contributed by atoms with E-state index in [2.05, 4.69) is 15.3 Å². The van der Waals surface area contributed by atoms with Gasteiger partial charge in [0.1, 0.15) is 11.5 Å². The molecule has 31 heavy (non-hydrogen) atoms. The summed E-state index contributed by atoms with van der Waals surface area (Å²) in [6.07, 6.45) is 2.30. The molecule has 0 bridgehead atoms. The zero-order valence-electron chi connectivity index (χ0n) is 18.6. The van der Waals surface area contributed by atoms with Crippen LogP contribution in [-0.2, 0) is 22.2 Å². The van der Waals surface area contributed by atoms with Gasteiger partial charge in [-0.2, -0.15) is 0 Å². The van der Waals surface area contributed by atoms with E-state index in [4.69, 9.17) is 9.47 Å². The minimum atomic E-state index is -1.53. The third kappa shape index (κ3) is 5.96. The van der Waals surface area contributed by atoms with Gasteiger partial charge in [0.15, 0.2) is 11.0 Å². The molecule has 1 aliphatic rings. The standard InChI is InChI=1S/C24H30NO4PS/c1-16(2)28-21-8-6-7-18(14-21)13-17(3)29-20-11-9-19(10-12-20)22-15-23(26)25(31(22)27)24(4,5)30/h6-12,14-17H,13,30H2,1-5H3. The predicted molar refractivity (Wildman–Crippen MR) is 129 cm³/mol. The van der Waals surface area contributed by atoms with Crippen LogP contribution >= 0.6 is 9.24 Å². The maximum Gasteiger partial charge on any atom is 0.260 e. The third-order valence-electron chi connectivity index (χ3n) is 4.60. The fraction of sp³-hybridized carbons (Fsp3) is 0.375. The molecule has 1 aliphatic heterocycles. The average Bonchev–Trinajstić information content (AvgIpc) is 2.96. The van der Waals surface area contributed by atoms with E-state index in [0.29, 0.717) is 4.91 Å². The van der Waals surface area contributed by atoms with Gasteiger partial charge in [-0.3, -0.25) is 4.79 Å². The first kappa shape index (κ1) is 23.5. The highest BCUT2D eigenvalue weighted by Crippen LogP contribution is 2.35. The second kappa shape index (κ2) is 9.54. The van der Waals surface area contributed by atoms with E-state index in [-0.39, 0.29) is 18.1 Å². The van der Waals surface area contributed by atoms with E-state index >= 15 is 0 Å². The SMILES string of the molecule is CC(C)Oc1cccc(CC(C)Oc2ccc(C3=CC(=O)N(C(C)(C)P)S3=O)cc2)c1. The lowest BCUT2D eigenvalue weighted by molar-refractivity contribution is -0.122. The summed E-state index contributed by atoms with van der Waals surface area (Å²) in [5, 5.41) is -0.587. The van der Waals surface area contributed by atoms with Gasteiger partial charge in [0.25, 0.3) is 5.91 Å². The number of amides is 1. The van der Waals surface area contributed by atoms with Gasteiger partial charge in [-0.1, -0.05) is 24.3 Å². The molecule has 3 rings (SSSR count). The van der Waals surface area contributed by atoms with E-state index in [9.17, 15) is 9.00 Å². The molecule has 0 N–H and O–H groups in total. The van der Waals surface area contributed by atoms with Crippen molar-refractivity contribution < 1.29 is 18.5 Å². The maximum atomic E-state index is 12.8. The smallest absolute Gasteiger partial charge is 0.260 e. The molecular formula is C24H30NO4PS. The van der Waals surface area contributed by atoms with Crippen LogP contribution in [0, 0.1) is 0 Å². The van der Waals surface area contributed by atoms with Crippen molar-refractivity contribution in [3.63, 3.8) is 0 Å². The Bertz CT molecular complexity index is 995. The molecule has 0 aliphatic carbocycles. The summed E-state index contributed by atoms with van der Waals surface area (Å²) in [5.74, 6) is 1.34. The maximum absolute atomic E-state index is 12.8. The highest BCUT2D eigenvalue weighted by molar-refractivity contribution is 7.93. The minimum Gasteiger partial charge on any atom is -0.491 e. The Morgan fingerprint density at radius 1 is 1.03 bits per heavy atom. The van der Waals surface area contributed by atoms with Crippen LogP contribution in [0.25, 0.3) is 4.91 Å². The molecule has 3 unspecified atom stereocenters. The second-order valence-electron chi connectivity index (χ2n) is 8.52. The van der Waals surface area contributed by atoms with E-state index in [1.165, 1.54) is 10.4 Å². The van der Waals surface area contributed by atoms with Gasteiger partial charge in [0.05, 0.1) is 22.4 Å². The van der Waals surface area contributed by atoms with E-state index in [1.54, 1.807) is 0 Å². The minimum absolute atomic E-state index is 0.0324. The Hall–Kier alpha value is -2.17. The number of carbonyl (C=O) groups excluding carboxylic acids is 1. The molecule has 1 heterocycles. The van der Waals surface area contributed by atoms with Gasteiger partial charge in [-0.25, -0.2) is 8.51 Å². The zero-order valence-corrected chi connectivity index (χ0v) is 20.6. The molecule has 0 radical (unpaired) electrons. The molecule has 3 atom stereocenters. The number of ether oxygens (including phenoxy) is 2. The monoisotopic (exact) mass is 459 g/mol. The van der Waals surface area contributed by atoms with Crippen LogP contribution in [0.5, 0.6) is 11.5 Å². The van der Waals surface area contributed by atoms with Crippen molar-refractivity contribution >= 4 is 31.0 Å². The Morgan fingerprint density at radius 2 is 1.71 bits per heavy atom. The molecule has 5 nitrogen and oxygen atoms in total. The van der Waals surface area contributed by atoms with Gasteiger partial charge >= 0.3 is 0 Å². The Labute approximate surface area is 189 Å². The summed E-state index contributed by atoms with van der Waals surface area (Å²) >= 11 is 0. The van der Waals surface area contributed by atoms with Crippen molar-refractivity contribution in [3.05, 3.63) is 65.7 Å². The lowest BCUT2D eigenvalue weighted by Crippen LogP contribution is -2.40. The molecule has 2 aromatic rings. The average molecular weight is 460 g/mol. The fourth-order valence-electron chi connectivity index (χ4n) is 3.40. The summed E-state index contributed by atoms with van der Waals surface area (Å²) in [7, 11) is 1.03. The summed E-state index contributed by atoms with van der Waals surface area (Å²) in [5.41, 5.74) is 1.90. The Kier molecular flexibility index (Phi) is 7.23. The molecule has 166 valence electrons. The number of hydrogen-bond acceptors (Lipinski definition) is 4. The van der Waals surface area contributed by atoms with E-state index in [0.717, 1.165) is 29.0 Å². The molecule has 2 aromatic carbocycles. The third-order valence-corrected chi connectivity index (χ3v) is 6.76. The van der Waals surface area contributed by atoms with E-state index in [1.807, 2.05) is 77.1 Å². The van der Waals surface area contributed by atoms with Crippen LogP contribution < -0.4 is 9.47 Å². The van der Waals surface area contributed by atoms with Crippen molar-refractivity contribution in [2.75, 3.05) is 0 Å². The van der Waals surface area contributed by atoms with Crippen molar-refractivity contribution in [3.8, 4) is 11.5 Å². The first-order valence-electron chi connectivity index (χ1n) is 10.3. The number of nitrogens with zero attached hydrogens (tertiary/aromatic N) is 1. The Balaban J connectivity index is 1.64. The highest BCUT2D eigenvalue weighted by atomic mass is 32.2. The summed E-state index contributed by atoms with van der Waals surface area (Å²) in [6.45, 7) is 9.72. The first-order valence-corrected chi connectivity index (χ1v) is 12.0. The topological polar surface area (TPSA) is 55.8 Å². The Morgan fingerprint density at radius 3 is 2.29 bits per heavy atom. The van der Waals surface area contributed by atoms with Gasteiger partial charge in [0, 0.05) is 12.5 Å². The second-order valence-corrected chi connectivity index (χ2v) is 11.2.